The maximum atomic E-state index is 13.2. The molecule has 1 N–H and O–H groups in total. The Morgan fingerprint density at radius 3 is 2.65 bits per heavy atom. The molecule has 0 aliphatic carbocycles. The molecule has 4 rings (SSSR count). The van der Waals surface area contributed by atoms with E-state index in [2.05, 4.69) is 32.4 Å². The summed E-state index contributed by atoms with van der Waals surface area (Å²) in [6, 6.07) is 11.6. The zero-order valence-electron chi connectivity index (χ0n) is 18.9. The molecule has 0 spiro atoms. The number of piperazine rings is 1. The number of carbonyl (C=O) groups is 1. The molecule has 180 valence electrons. The summed E-state index contributed by atoms with van der Waals surface area (Å²) in [5.41, 5.74) is 1.04. The van der Waals surface area contributed by atoms with E-state index in [1.54, 1.807) is 30.3 Å². The summed E-state index contributed by atoms with van der Waals surface area (Å²) in [6.07, 6.45) is 0. The lowest BCUT2D eigenvalue weighted by atomic mass is 10.1. The Bertz CT molecular complexity index is 1100. The number of H-pyrrole nitrogens is 1. The van der Waals surface area contributed by atoms with Crippen molar-refractivity contribution in [3.8, 4) is 11.5 Å². The summed E-state index contributed by atoms with van der Waals surface area (Å²) in [5.74, 6) is 0.806. The van der Waals surface area contributed by atoms with Crippen LogP contribution >= 0.6 is 11.6 Å². The van der Waals surface area contributed by atoms with E-state index in [-0.39, 0.29) is 37.0 Å². The number of hydrogen-bond donors (Lipinski definition) is 1. The van der Waals surface area contributed by atoms with Gasteiger partial charge in [-0.05, 0) is 43.7 Å². The third-order valence-corrected chi connectivity index (χ3v) is 5.97. The van der Waals surface area contributed by atoms with Crippen molar-refractivity contribution in [1.82, 2.24) is 30.4 Å². The summed E-state index contributed by atoms with van der Waals surface area (Å²) >= 11 is 6.09. The van der Waals surface area contributed by atoms with E-state index in [1.165, 1.54) is 12.1 Å². The van der Waals surface area contributed by atoms with Crippen LogP contribution in [0.15, 0.2) is 42.5 Å². The summed E-state index contributed by atoms with van der Waals surface area (Å²) in [7, 11) is 0. The number of carbonyl (C=O) groups excluding carboxylic acids is 1. The molecule has 1 saturated heterocycles. The summed E-state index contributed by atoms with van der Waals surface area (Å²) in [4.78, 5) is 17.1. The number of hydrogen-bond acceptors (Lipinski definition) is 7. The van der Waals surface area contributed by atoms with Gasteiger partial charge in [0.1, 0.15) is 5.82 Å². The fourth-order valence-electron chi connectivity index (χ4n) is 3.91. The van der Waals surface area contributed by atoms with Gasteiger partial charge in [0.05, 0.1) is 0 Å². The second kappa shape index (κ2) is 10.8. The lowest BCUT2D eigenvalue weighted by Gasteiger charge is -2.44. The van der Waals surface area contributed by atoms with E-state index in [0.717, 1.165) is 5.56 Å². The Morgan fingerprint density at radius 1 is 1.12 bits per heavy atom. The number of aromatic amines is 1. The average molecular weight is 489 g/mol. The topological polar surface area (TPSA) is 96.5 Å². The predicted molar refractivity (Wildman–Crippen MR) is 123 cm³/mol. The highest BCUT2D eigenvalue weighted by molar-refractivity contribution is 6.30. The van der Waals surface area contributed by atoms with Crippen LogP contribution in [0.3, 0.4) is 0 Å². The number of tetrazole rings is 1. The summed E-state index contributed by atoms with van der Waals surface area (Å²) in [5, 5.41) is 14.0. The number of halogens is 2. The molecular formula is C23H26ClFN6O3. The van der Waals surface area contributed by atoms with Gasteiger partial charge in [-0.25, -0.2) is 4.39 Å². The zero-order chi connectivity index (χ0) is 24.1. The van der Waals surface area contributed by atoms with Crippen molar-refractivity contribution in [3.63, 3.8) is 0 Å². The van der Waals surface area contributed by atoms with Gasteiger partial charge in [-0.15, -0.1) is 10.2 Å². The molecule has 2 unspecified atom stereocenters. The molecule has 3 aromatic rings. The van der Waals surface area contributed by atoms with Crippen LogP contribution < -0.4 is 9.47 Å². The Morgan fingerprint density at radius 2 is 1.91 bits per heavy atom. The largest absolute Gasteiger partial charge is 0.482 e. The SMILES string of the molecule is CC1CN(C(=O)COc2ccc(Cl)cc2OCc2nn[nH]n2)C(C)CN1Cc1ccc(F)cc1. The number of nitrogens with zero attached hydrogens (tertiary/aromatic N) is 5. The van der Waals surface area contributed by atoms with Crippen LogP contribution in [0.5, 0.6) is 11.5 Å². The molecule has 0 bridgehead atoms. The Hall–Kier alpha value is -3.24. The van der Waals surface area contributed by atoms with Gasteiger partial charge in [-0.2, -0.15) is 5.21 Å². The second-order valence-electron chi connectivity index (χ2n) is 8.30. The van der Waals surface area contributed by atoms with E-state index in [1.807, 2.05) is 11.8 Å². The maximum Gasteiger partial charge on any atom is 0.260 e. The first kappa shape index (κ1) is 23.9. The zero-order valence-corrected chi connectivity index (χ0v) is 19.7. The standard InChI is InChI=1S/C23H26ClFN6O3/c1-15-11-31(16(2)10-30(15)12-17-3-6-19(25)7-4-17)23(32)14-34-20-8-5-18(24)9-21(20)33-13-22-26-28-29-27-22/h3-9,15-16H,10-14H2,1-2H3,(H,26,27,28,29). The van der Waals surface area contributed by atoms with E-state index < -0.39 is 0 Å². The number of amides is 1. The lowest BCUT2D eigenvalue weighted by molar-refractivity contribution is -0.139. The molecule has 9 nitrogen and oxygen atoms in total. The molecule has 11 heteroatoms. The summed E-state index contributed by atoms with van der Waals surface area (Å²) in [6.45, 7) is 6.04. The molecule has 2 aromatic carbocycles. The fourth-order valence-corrected chi connectivity index (χ4v) is 4.07. The number of benzene rings is 2. The fraction of sp³-hybridized carbons (Fsp3) is 0.391. The highest BCUT2D eigenvalue weighted by atomic mass is 35.5. The molecular weight excluding hydrogens is 463 g/mol. The number of nitrogens with one attached hydrogen (secondary N) is 1. The van der Waals surface area contributed by atoms with E-state index in [9.17, 15) is 9.18 Å². The molecule has 34 heavy (non-hydrogen) atoms. The van der Waals surface area contributed by atoms with Gasteiger partial charge in [-0.1, -0.05) is 28.9 Å². The minimum Gasteiger partial charge on any atom is -0.482 e. The van der Waals surface area contributed by atoms with Gasteiger partial charge < -0.3 is 14.4 Å². The van der Waals surface area contributed by atoms with Crippen LogP contribution in [0.4, 0.5) is 4.39 Å². The van der Waals surface area contributed by atoms with Crippen LogP contribution in [0.25, 0.3) is 0 Å². The molecule has 0 saturated carbocycles. The third kappa shape index (κ3) is 6.00. The highest BCUT2D eigenvalue weighted by Gasteiger charge is 2.32. The minimum absolute atomic E-state index is 0.00641. The van der Waals surface area contributed by atoms with Gasteiger partial charge >= 0.3 is 0 Å². The van der Waals surface area contributed by atoms with Crippen LogP contribution in [-0.4, -0.2) is 68.1 Å². The van der Waals surface area contributed by atoms with Crippen molar-refractivity contribution in [2.75, 3.05) is 19.7 Å². The van der Waals surface area contributed by atoms with Gasteiger partial charge in [0.2, 0.25) is 5.82 Å². The molecule has 0 radical (unpaired) electrons. The number of ether oxygens (including phenoxy) is 2. The molecule has 2 atom stereocenters. The maximum absolute atomic E-state index is 13.2. The predicted octanol–water partition coefficient (Wildman–Crippen LogP) is 3.07. The van der Waals surface area contributed by atoms with Crippen LogP contribution in [0.2, 0.25) is 5.02 Å². The second-order valence-corrected chi connectivity index (χ2v) is 8.73. The first-order valence-corrected chi connectivity index (χ1v) is 11.3. The van der Waals surface area contributed by atoms with Gasteiger partial charge in [0, 0.05) is 42.8 Å². The highest BCUT2D eigenvalue weighted by Crippen LogP contribution is 2.31. The summed E-state index contributed by atoms with van der Waals surface area (Å²) < 4.78 is 24.7. The first-order valence-electron chi connectivity index (χ1n) is 10.9. The monoisotopic (exact) mass is 488 g/mol. The van der Waals surface area contributed by atoms with E-state index >= 15 is 0 Å². The van der Waals surface area contributed by atoms with Crippen molar-refractivity contribution < 1.29 is 18.7 Å². The number of aromatic nitrogens is 4. The Labute approximate surface area is 201 Å². The van der Waals surface area contributed by atoms with Gasteiger partial charge in [-0.3, -0.25) is 9.69 Å². The molecule has 2 heterocycles. The molecule has 1 amide bonds. The smallest absolute Gasteiger partial charge is 0.260 e. The minimum atomic E-state index is -0.246. The van der Waals surface area contributed by atoms with Crippen molar-refractivity contribution >= 4 is 17.5 Å². The average Bonchev–Trinajstić information content (AvgIpc) is 3.34. The normalized spacial score (nSPS) is 18.6. The molecule has 1 aliphatic rings. The molecule has 1 aromatic heterocycles. The Balaban J connectivity index is 1.34. The number of rotatable bonds is 8. The Kier molecular flexibility index (Phi) is 7.59. The third-order valence-electron chi connectivity index (χ3n) is 5.74. The quantitative estimate of drug-likeness (QED) is 0.520. The van der Waals surface area contributed by atoms with E-state index in [0.29, 0.717) is 42.0 Å². The molecule has 1 aliphatic heterocycles. The van der Waals surface area contributed by atoms with Crippen molar-refractivity contribution in [2.45, 2.75) is 39.1 Å². The van der Waals surface area contributed by atoms with Crippen LogP contribution in [0, 0.1) is 5.82 Å². The van der Waals surface area contributed by atoms with Crippen molar-refractivity contribution in [1.29, 1.82) is 0 Å². The van der Waals surface area contributed by atoms with Crippen molar-refractivity contribution in [2.24, 2.45) is 0 Å². The van der Waals surface area contributed by atoms with E-state index in [4.69, 9.17) is 21.1 Å². The van der Waals surface area contributed by atoms with Crippen LogP contribution in [-0.2, 0) is 17.9 Å². The molecule has 1 fully saturated rings. The van der Waals surface area contributed by atoms with Gasteiger partial charge in [0.15, 0.2) is 24.7 Å². The lowest BCUT2D eigenvalue weighted by Crippen LogP contribution is -2.58. The first-order chi connectivity index (χ1) is 16.4. The van der Waals surface area contributed by atoms with Crippen LogP contribution in [0.1, 0.15) is 25.2 Å². The van der Waals surface area contributed by atoms with Gasteiger partial charge in [0.25, 0.3) is 5.91 Å². The van der Waals surface area contributed by atoms with Crippen molar-refractivity contribution in [3.05, 3.63) is 64.7 Å².